The van der Waals surface area contributed by atoms with Crippen molar-refractivity contribution in [3.05, 3.63) is 12.2 Å². The van der Waals surface area contributed by atoms with Gasteiger partial charge in [0.25, 0.3) is 0 Å². The first-order chi connectivity index (χ1) is 8.88. The maximum atomic E-state index is 4.14. The Morgan fingerprint density at radius 1 is 1.44 bits per heavy atom. The van der Waals surface area contributed by atoms with Gasteiger partial charge in [-0.05, 0) is 51.9 Å². The van der Waals surface area contributed by atoms with Crippen LogP contribution in [0.25, 0.3) is 0 Å². The van der Waals surface area contributed by atoms with Gasteiger partial charge in [0.1, 0.15) is 12.2 Å². The molecule has 2 rings (SSSR count). The number of likely N-dealkylation sites (tertiary alicyclic amines) is 1. The third-order valence-corrected chi connectivity index (χ3v) is 3.76. The van der Waals surface area contributed by atoms with Crippen LogP contribution in [-0.2, 0) is 6.42 Å². The fourth-order valence-electron chi connectivity index (χ4n) is 2.59. The van der Waals surface area contributed by atoms with Crippen molar-refractivity contribution < 1.29 is 0 Å². The molecule has 0 bridgehead atoms. The highest BCUT2D eigenvalue weighted by molar-refractivity contribution is 4.80. The van der Waals surface area contributed by atoms with Crippen molar-refractivity contribution in [2.45, 2.75) is 45.1 Å². The smallest absolute Gasteiger partial charge is 0.137 e. The van der Waals surface area contributed by atoms with E-state index in [2.05, 4.69) is 32.3 Å². The predicted molar refractivity (Wildman–Crippen MR) is 72.5 cm³/mol. The van der Waals surface area contributed by atoms with Crippen LogP contribution >= 0.6 is 0 Å². The van der Waals surface area contributed by atoms with Crippen molar-refractivity contribution in [3.63, 3.8) is 0 Å². The summed E-state index contributed by atoms with van der Waals surface area (Å²) in [5, 5.41) is 10.4. The Kier molecular flexibility index (Phi) is 5.61. The lowest BCUT2D eigenvalue weighted by Crippen LogP contribution is -2.31. The molecule has 18 heavy (non-hydrogen) atoms. The minimum atomic E-state index is 0.705. The van der Waals surface area contributed by atoms with E-state index < -0.39 is 0 Å². The fourth-order valence-corrected chi connectivity index (χ4v) is 2.59. The van der Waals surface area contributed by atoms with E-state index in [1.165, 1.54) is 38.9 Å². The molecule has 0 spiro atoms. The zero-order chi connectivity index (χ0) is 12.6. The molecule has 2 N–H and O–H groups in total. The second-order valence-electron chi connectivity index (χ2n) is 5.05. The van der Waals surface area contributed by atoms with Crippen molar-refractivity contribution in [3.8, 4) is 0 Å². The molecule has 1 aliphatic heterocycles. The largest absolute Gasteiger partial charge is 0.314 e. The van der Waals surface area contributed by atoms with Crippen LogP contribution in [0.3, 0.4) is 0 Å². The summed E-state index contributed by atoms with van der Waals surface area (Å²) in [6.07, 6.45) is 7.62. The molecule has 0 amide bonds. The lowest BCUT2D eigenvalue weighted by atomic mass is 10.1. The summed E-state index contributed by atoms with van der Waals surface area (Å²) < 4.78 is 0. The van der Waals surface area contributed by atoms with E-state index in [0.29, 0.717) is 6.04 Å². The van der Waals surface area contributed by atoms with Crippen LogP contribution in [-0.4, -0.2) is 52.3 Å². The average molecular weight is 251 g/mol. The summed E-state index contributed by atoms with van der Waals surface area (Å²) in [5.74, 6) is 0.995. The Morgan fingerprint density at radius 2 is 2.39 bits per heavy atom. The van der Waals surface area contributed by atoms with Gasteiger partial charge in [0.15, 0.2) is 0 Å². The lowest BCUT2D eigenvalue weighted by molar-refractivity contribution is 0.297. The maximum absolute atomic E-state index is 4.14. The minimum absolute atomic E-state index is 0.705. The molecular weight excluding hydrogens is 226 g/mol. The predicted octanol–water partition coefficient (Wildman–Crippen LogP) is 1.20. The summed E-state index contributed by atoms with van der Waals surface area (Å²) in [4.78, 5) is 6.69. The maximum Gasteiger partial charge on any atom is 0.137 e. The van der Waals surface area contributed by atoms with Gasteiger partial charge >= 0.3 is 0 Å². The highest BCUT2D eigenvalue weighted by Crippen LogP contribution is 2.10. The lowest BCUT2D eigenvalue weighted by Gasteiger charge is -2.18. The van der Waals surface area contributed by atoms with Crippen LogP contribution in [0, 0.1) is 0 Å². The Hall–Kier alpha value is -0.940. The highest BCUT2D eigenvalue weighted by atomic mass is 15.2. The number of nitrogens with one attached hydrogen (secondary N) is 2. The van der Waals surface area contributed by atoms with Gasteiger partial charge < -0.3 is 10.2 Å². The van der Waals surface area contributed by atoms with Gasteiger partial charge in [0, 0.05) is 12.5 Å². The summed E-state index contributed by atoms with van der Waals surface area (Å²) in [5.41, 5.74) is 0. The summed E-state index contributed by atoms with van der Waals surface area (Å²) in [7, 11) is 0. The van der Waals surface area contributed by atoms with Crippen molar-refractivity contribution in [2.24, 2.45) is 0 Å². The number of H-pyrrole nitrogens is 1. The van der Waals surface area contributed by atoms with Crippen LogP contribution in [0.1, 0.15) is 38.4 Å². The Morgan fingerprint density at radius 3 is 3.17 bits per heavy atom. The molecule has 1 saturated heterocycles. The number of rotatable bonds is 6. The van der Waals surface area contributed by atoms with Crippen molar-refractivity contribution in [1.29, 1.82) is 0 Å². The molecule has 1 aliphatic rings. The van der Waals surface area contributed by atoms with Crippen LogP contribution in [0.5, 0.6) is 0 Å². The van der Waals surface area contributed by atoms with E-state index in [0.717, 1.165) is 25.2 Å². The second kappa shape index (κ2) is 7.48. The van der Waals surface area contributed by atoms with Crippen molar-refractivity contribution >= 4 is 0 Å². The SMILES string of the molecule is CCN1CCCC(NCCCc2ncn[nH]2)CC1. The summed E-state index contributed by atoms with van der Waals surface area (Å²) in [6.45, 7) is 7.05. The van der Waals surface area contributed by atoms with Gasteiger partial charge in [-0.3, -0.25) is 5.10 Å². The third-order valence-electron chi connectivity index (χ3n) is 3.76. The quantitative estimate of drug-likeness (QED) is 0.746. The van der Waals surface area contributed by atoms with Crippen LogP contribution in [0.15, 0.2) is 6.33 Å². The molecule has 5 nitrogen and oxygen atoms in total. The summed E-state index contributed by atoms with van der Waals surface area (Å²) in [6, 6.07) is 0.705. The topological polar surface area (TPSA) is 56.8 Å². The molecule has 1 atom stereocenters. The monoisotopic (exact) mass is 251 g/mol. The number of aromatic nitrogens is 3. The molecule has 2 heterocycles. The van der Waals surface area contributed by atoms with E-state index in [1.807, 2.05) is 0 Å². The van der Waals surface area contributed by atoms with Crippen LogP contribution in [0.4, 0.5) is 0 Å². The standard InChI is InChI=1S/C13H25N5/c1-2-18-9-4-5-12(7-10-18)14-8-3-6-13-15-11-16-17-13/h11-12,14H,2-10H2,1H3,(H,15,16,17). The van der Waals surface area contributed by atoms with Gasteiger partial charge in [0.2, 0.25) is 0 Å². The van der Waals surface area contributed by atoms with E-state index in [4.69, 9.17) is 0 Å². The Labute approximate surface area is 109 Å². The van der Waals surface area contributed by atoms with E-state index in [-0.39, 0.29) is 0 Å². The van der Waals surface area contributed by atoms with Crippen LogP contribution in [0.2, 0.25) is 0 Å². The molecule has 0 aromatic carbocycles. The number of hydrogen-bond donors (Lipinski definition) is 2. The molecule has 1 aromatic heterocycles. The zero-order valence-corrected chi connectivity index (χ0v) is 11.4. The second-order valence-corrected chi connectivity index (χ2v) is 5.05. The molecule has 1 fully saturated rings. The first-order valence-electron chi connectivity index (χ1n) is 7.18. The van der Waals surface area contributed by atoms with Crippen molar-refractivity contribution in [2.75, 3.05) is 26.2 Å². The molecule has 1 aromatic rings. The first-order valence-corrected chi connectivity index (χ1v) is 7.18. The number of aromatic amines is 1. The number of aryl methyl sites for hydroxylation is 1. The minimum Gasteiger partial charge on any atom is -0.314 e. The van der Waals surface area contributed by atoms with Gasteiger partial charge in [0.05, 0.1) is 0 Å². The van der Waals surface area contributed by atoms with Crippen molar-refractivity contribution in [1.82, 2.24) is 25.4 Å². The first kappa shape index (κ1) is 13.5. The summed E-state index contributed by atoms with van der Waals surface area (Å²) >= 11 is 0. The molecular formula is C13H25N5. The normalized spacial score (nSPS) is 21.9. The number of hydrogen-bond acceptors (Lipinski definition) is 4. The Balaban J connectivity index is 1.58. The Bertz CT molecular complexity index is 311. The van der Waals surface area contributed by atoms with E-state index >= 15 is 0 Å². The van der Waals surface area contributed by atoms with Gasteiger partial charge in [-0.15, -0.1) is 0 Å². The molecule has 0 radical (unpaired) electrons. The molecule has 0 saturated carbocycles. The van der Waals surface area contributed by atoms with E-state index in [1.54, 1.807) is 6.33 Å². The molecule has 0 aliphatic carbocycles. The molecule has 5 heteroatoms. The zero-order valence-electron chi connectivity index (χ0n) is 11.4. The van der Waals surface area contributed by atoms with Gasteiger partial charge in [-0.1, -0.05) is 6.92 Å². The highest BCUT2D eigenvalue weighted by Gasteiger charge is 2.14. The average Bonchev–Trinajstić information content (AvgIpc) is 2.80. The van der Waals surface area contributed by atoms with Gasteiger partial charge in [-0.2, -0.15) is 5.10 Å². The number of nitrogens with zero attached hydrogens (tertiary/aromatic N) is 3. The third kappa shape index (κ3) is 4.38. The van der Waals surface area contributed by atoms with Gasteiger partial charge in [-0.25, -0.2) is 4.98 Å². The molecule has 1 unspecified atom stereocenters. The van der Waals surface area contributed by atoms with E-state index in [9.17, 15) is 0 Å². The fraction of sp³-hybridized carbons (Fsp3) is 0.846. The van der Waals surface area contributed by atoms with Crippen LogP contribution < -0.4 is 5.32 Å². The molecule has 102 valence electrons.